The molecule has 0 aliphatic carbocycles. The summed E-state index contributed by atoms with van der Waals surface area (Å²) >= 11 is 0. The molecule has 1 aliphatic rings. The number of likely N-dealkylation sites (tertiary alicyclic amines) is 1. The second kappa shape index (κ2) is 10.2. The van der Waals surface area contributed by atoms with Crippen molar-refractivity contribution in [1.82, 2.24) is 10.2 Å². The van der Waals surface area contributed by atoms with Gasteiger partial charge in [-0.3, -0.25) is 19.2 Å². The van der Waals surface area contributed by atoms with E-state index >= 15 is 0 Å². The summed E-state index contributed by atoms with van der Waals surface area (Å²) in [5, 5.41) is 8.71. The zero-order chi connectivity index (χ0) is 24.1. The van der Waals surface area contributed by atoms with Crippen molar-refractivity contribution in [2.24, 2.45) is 5.92 Å². The number of carbonyl (C=O) groups excluding carboxylic acids is 4. The number of hydrogen-bond donors (Lipinski definition) is 3. The Morgan fingerprint density at radius 1 is 0.912 bits per heavy atom. The van der Waals surface area contributed by atoms with Crippen LogP contribution in [0, 0.1) is 5.92 Å². The third-order valence-corrected chi connectivity index (χ3v) is 5.74. The lowest BCUT2D eigenvalue weighted by Gasteiger charge is -2.31. The van der Waals surface area contributed by atoms with Crippen LogP contribution in [0.4, 0.5) is 11.4 Å². The number of piperidine rings is 1. The minimum Gasteiger partial charge on any atom is -0.451 e. The molecule has 9 nitrogen and oxygen atoms in total. The van der Waals surface area contributed by atoms with Gasteiger partial charge in [0.2, 0.25) is 5.91 Å². The maximum Gasteiger partial charge on any atom is 0.313 e. The van der Waals surface area contributed by atoms with E-state index in [0.717, 1.165) is 5.39 Å². The van der Waals surface area contributed by atoms with E-state index in [9.17, 15) is 19.2 Å². The summed E-state index contributed by atoms with van der Waals surface area (Å²) in [7, 11) is 0. The van der Waals surface area contributed by atoms with E-state index in [1.54, 1.807) is 35.2 Å². The topological polar surface area (TPSA) is 121 Å². The zero-order valence-electron chi connectivity index (χ0n) is 18.8. The summed E-state index contributed by atoms with van der Waals surface area (Å²) in [5.74, 6) is -1.39. The molecule has 1 saturated heterocycles. The normalized spacial score (nSPS) is 14.0. The van der Waals surface area contributed by atoms with E-state index in [1.807, 2.05) is 24.3 Å². The maximum atomic E-state index is 12.8. The lowest BCUT2D eigenvalue weighted by Crippen LogP contribution is -2.43. The molecule has 0 saturated carbocycles. The van der Waals surface area contributed by atoms with E-state index in [2.05, 4.69) is 16.0 Å². The Hall–Kier alpha value is -4.14. The summed E-state index contributed by atoms with van der Waals surface area (Å²) in [4.78, 5) is 50.1. The number of nitrogens with zero attached hydrogens (tertiary/aromatic N) is 1. The van der Waals surface area contributed by atoms with Crippen LogP contribution < -0.4 is 16.0 Å². The molecule has 1 aliphatic heterocycles. The Bertz CT molecular complexity index is 1190. The van der Waals surface area contributed by atoms with Gasteiger partial charge in [-0.15, -0.1) is 0 Å². The van der Waals surface area contributed by atoms with Gasteiger partial charge < -0.3 is 25.3 Å². The molecule has 2 aromatic carbocycles. The Balaban J connectivity index is 1.23. The number of amides is 4. The first-order valence-electron chi connectivity index (χ1n) is 11.1. The molecule has 1 fully saturated rings. The molecule has 0 atom stereocenters. The van der Waals surface area contributed by atoms with Crippen molar-refractivity contribution in [1.29, 1.82) is 0 Å². The Morgan fingerprint density at radius 3 is 2.32 bits per heavy atom. The van der Waals surface area contributed by atoms with Crippen LogP contribution in [0.1, 0.15) is 30.3 Å². The summed E-state index contributed by atoms with van der Waals surface area (Å²) in [6.45, 7) is 2.85. The van der Waals surface area contributed by atoms with Crippen molar-refractivity contribution in [2.45, 2.75) is 19.8 Å². The van der Waals surface area contributed by atoms with Crippen molar-refractivity contribution in [2.75, 3.05) is 30.3 Å². The fourth-order valence-corrected chi connectivity index (χ4v) is 3.97. The minimum atomic E-state index is -0.780. The Labute approximate surface area is 196 Å². The predicted molar refractivity (Wildman–Crippen MR) is 127 cm³/mol. The SMILES string of the molecule is CC(=O)Nc1cccc(NC(=O)C(=O)NCC2CCN(C(=O)c3cc4ccccc4o3)CC2)c1. The smallest absolute Gasteiger partial charge is 0.313 e. The number of anilines is 2. The molecular formula is C25H26N4O5. The van der Waals surface area contributed by atoms with Crippen molar-refractivity contribution < 1.29 is 23.6 Å². The Kier molecular flexibility index (Phi) is 6.91. The summed E-state index contributed by atoms with van der Waals surface area (Å²) in [5.41, 5.74) is 1.61. The van der Waals surface area contributed by atoms with Crippen LogP contribution in [0.5, 0.6) is 0 Å². The van der Waals surface area contributed by atoms with Crippen LogP contribution in [0.3, 0.4) is 0 Å². The van der Waals surface area contributed by atoms with Crippen molar-refractivity contribution in [3.05, 3.63) is 60.4 Å². The van der Waals surface area contributed by atoms with Gasteiger partial charge in [-0.2, -0.15) is 0 Å². The van der Waals surface area contributed by atoms with Gasteiger partial charge in [0.15, 0.2) is 5.76 Å². The van der Waals surface area contributed by atoms with Crippen molar-refractivity contribution >= 4 is 46.0 Å². The Morgan fingerprint density at radius 2 is 1.62 bits per heavy atom. The fraction of sp³-hybridized carbons (Fsp3) is 0.280. The van der Waals surface area contributed by atoms with E-state index in [1.165, 1.54) is 6.92 Å². The average Bonchev–Trinajstić information content (AvgIpc) is 3.26. The molecule has 0 spiro atoms. The predicted octanol–water partition coefficient (Wildman–Crippen LogP) is 3.00. The van der Waals surface area contributed by atoms with Gasteiger partial charge in [0.1, 0.15) is 5.58 Å². The molecule has 0 unspecified atom stereocenters. The molecule has 1 aromatic heterocycles. The molecule has 4 amide bonds. The second-order valence-corrected chi connectivity index (χ2v) is 8.31. The van der Waals surface area contributed by atoms with Gasteiger partial charge in [-0.1, -0.05) is 24.3 Å². The highest BCUT2D eigenvalue weighted by Gasteiger charge is 2.26. The van der Waals surface area contributed by atoms with Crippen LogP contribution in [0.15, 0.2) is 59.0 Å². The van der Waals surface area contributed by atoms with Gasteiger partial charge in [-0.05, 0) is 49.1 Å². The lowest BCUT2D eigenvalue weighted by atomic mass is 9.96. The summed E-state index contributed by atoms with van der Waals surface area (Å²) in [6.07, 6.45) is 1.43. The van der Waals surface area contributed by atoms with Crippen molar-refractivity contribution in [3.8, 4) is 0 Å². The lowest BCUT2D eigenvalue weighted by molar-refractivity contribution is -0.136. The quantitative estimate of drug-likeness (QED) is 0.504. The first-order chi connectivity index (χ1) is 16.4. The van der Waals surface area contributed by atoms with Crippen LogP contribution in [0.25, 0.3) is 11.0 Å². The molecule has 34 heavy (non-hydrogen) atoms. The molecule has 3 aromatic rings. The highest BCUT2D eigenvalue weighted by atomic mass is 16.3. The summed E-state index contributed by atoms with van der Waals surface area (Å²) < 4.78 is 5.68. The fourth-order valence-electron chi connectivity index (χ4n) is 3.97. The van der Waals surface area contributed by atoms with Crippen LogP contribution in [-0.4, -0.2) is 48.2 Å². The number of nitrogens with one attached hydrogen (secondary N) is 3. The van der Waals surface area contributed by atoms with Crippen LogP contribution in [-0.2, 0) is 14.4 Å². The highest BCUT2D eigenvalue weighted by Crippen LogP contribution is 2.23. The van der Waals surface area contributed by atoms with Gasteiger partial charge in [-0.25, -0.2) is 0 Å². The number of benzene rings is 2. The first kappa shape index (κ1) is 23.0. The number of carbonyl (C=O) groups is 4. The molecule has 3 N–H and O–H groups in total. The standard InChI is InChI=1S/C25H26N4O5/c1-16(30)27-19-6-4-7-20(14-19)28-24(32)23(31)26-15-17-9-11-29(12-10-17)25(33)22-13-18-5-2-3-8-21(18)34-22/h2-8,13-14,17H,9-12,15H2,1H3,(H,26,31)(H,27,30)(H,28,32). The van der Waals surface area contributed by atoms with Gasteiger partial charge in [0, 0.05) is 43.3 Å². The zero-order valence-corrected chi connectivity index (χ0v) is 18.8. The largest absolute Gasteiger partial charge is 0.451 e. The molecule has 0 bridgehead atoms. The molecule has 2 heterocycles. The number of para-hydroxylation sites is 1. The third-order valence-electron chi connectivity index (χ3n) is 5.74. The molecular weight excluding hydrogens is 436 g/mol. The maximum absolute atomic E-state index is 12.8. The first-order valence-corrected chi connectivity index (χ1v) is 11.1. The molecule has 9 heteroatoms. The molecule has 0 radical (unpaired) electrons. The molecule has 176 valence electrons. The van der Waals surface area contributed by atoms with E-state index in [-0.39, 0.29) is 17.7 Å². The van der Waals surface area contributed by atoms with Crippen molar-refractivity contribution in [3.63, 3.8) is 0 Å². The minimum absolute atomic E-state index is 0.139. The summed E-state index contributed by atoms with van der Waals surface area (Å²) in [6, 6.07) is 15.8. The monoisotopic (exact) mass is 462 g/mol. The molecule has 4 rings (SSSR count). The van der Waals surface area contributed by atoms with Gasteiger partial charge in [0.05, 0.1) is 0 Å². The van der Waals surface area contributed by atoms with Crippen LogP contribution in [0.2, 0.25) is 0 Å². The van der Waals surface area contributed by atoms with E-state index in [0.29, 0.717) is 55.2 Å². The number of hydrogen-bond acceptors (Lipinski definition) is 5. The number of furan rings is 1. The second-order valence-electron chi connectivity index (χ2n) is 8.31. The van der Waals surface area contributed by atoms with E-state index < -0.39 is 11.8 Å². The number of fused-ring (bicyclic) bond motifs is 1. The van der Waals surface area contributed by atoms with Gasteiger partial charge in [0.25, 0.3) is 5.91 Å². The van der Waals surface area contributed by atoms with Gasteiger partial charge >= 0.3 is 11.8 Å². The average molecular weight is 463 g/mol. The van der Waals surface area contributed by atoms with E-state index in [4.69, 9.17) is 4.42 Å². The highest BCUT2D eigenvalue weighted by molar-refractivity contribution is 6.39. The number of rotatable bonds is 5. The third kappa shape index (κ3) is 5.61. The van der Waals surface area contributed by atoms with Crippen LogP contribution >= 0.6 is 0 Å².